The molecule has 17 heavy (non-hydrogen) atoms. The number of fused-ring (bicyclic) bond motifs is 1. The smallest absolute Gasteiger partial charge is 0.237 e. The Kier molecular flexibility index (Phi) is 3.19. The number of hydrogen-bond acceptors (Lipinski definition) is 3. The van der Waals surface area contributed by atoms with E-state index in [-0.39, 0.29) is 17.4 Å². The Balaban J connectivity index is 1.90. The van der Waals surface area contributed by atoms with Gasteiger partial charge in [0.1, 0.15) is 0 Å². The second-order valence-electron chi connectivity index (χ2n) is 5.74. The van der Waals surface area contributed by atoms with Crippen LogP contribution in [0.1, 0.15) is 32.2 Å². The average Bonchev–Trinajstić information content (AvgIpc) is 2.71. The van der Waals surface area contributed by atoms with Crippen LogP contribution in [0.2, 0.25) is 0 Å². The summed E-state index contributed by atoms with van der Waals surface area (Å²) in [5.41, 5.74) is 2.20. The lowest BCUT2D eigenvalue weighted by Crippen LogP contribution is -2.49. The third-order valence-corrected chi connectivity index (χ3v) is 2.84. The second kappa shape index (κ2) is 4.49. The molecule has 1 atom stereocenters. The van der Waals surface area contributed by atoms with Crippen molar-refractivity contribution in [2.75, 3.05) is 6.54 Å². The molecule has 0 saturated heterocycles. The van der Waals surface area contributed by atoms with Gasteiger partial charge in [-0.2, -0.15) is 0 Å². The Bertz CT molecular complexity index is 405. The summed E-state index contributed by atoms with van der Waals surface area (Å²) in [4.78, 5) is 19.3. The van der Waals surface area contributed by atoms with E-state index in [1.54, 1.807) is 6.33 Å². The van der Waals surface area contributed by atoms with Gasteiger partial charge in [-0.1, -0.05) is 20.8 Å². The minimum atomic E-state index is -0.159. The van der Waals surface area contributed by atoms with E-state index >= 15 is 0 Å². The summed E-state index contributed by atoms with van der Waals surface area (Å²) in [5.74, 6) is 0.0635. The predicted octanol–water partition coefficient (Wildman–Crippen LogP) is 0.586. The number of H-pyrrole nitrogens is 1. The number of aromatic amines is 1. The largest absolute Gasteiger partial charge is 0.354 e. The quantitative estimate of drug-likeness (QED) is 0.703. The molecule has 2 heterocycles. The number of hydrogen-bond donors (Lipinski definition) is 3. The third-order valence-electron chi connectivity index (χ3n) is 2.84. The molecule has 1 aliphatic heterocycles. The van der Waals surface area contributed by atoms with Gasteiger partial charge in [0.25, 0.3) is 0 Å². The summed E-state index contributed by atoms with van der Waals surface area (Å²) in [5, 5.41) is 6.19. The Morgan fingerprint density at radius 3 is 3.06 bits per heavy atom. The Labute approximate surface area is 101 Å². The minimum Gasteiger partial charge on any atom is -0.354 e. The standard InChI is InChI=1S/C12H20N4O/c1-12(2,3)6-14-11(17)9-4-8-10(5-13-9)16-7-15-8/h7,9,13H,4-6H2,1-3H3,(H,14,17)(H,15,16). The van der Waals surface area contributed by atoms with Crippen LogP contribution in [0.4, 0.5) is 0 Å². The Hall–Kier alpha value is -1.36. The summed E-state index contributed by atoms with van der Waals surface area (Å²) in [7, 11) is 0. The van der Waals surface area contributed by atoms with Gasteiger partial charge in [-0.15, -0.1) is 0 Å². The van der Waals surface area contributed by atoms with E-state index in [2.05, 4.69) is 41.4 Å². The first-order valence-corrected chi connectivity index (χ1v) is 5.98. The fourth-order valence-electron chi connectivity index (χ4n) is 1.83. The lowest BCUT2D eigenvalue weighted by molar-refractivity contribution is -0.123. The highest BCUT2D eigenvalue weighted by molar-refractivity contribution is 5.82. The fourth-order valence-corrected chi connectivity index (χ4v) is 1.83. The van der Waals surface area contributed by atoms with Gasteiger partial charge in [-0.25, -0.2) is 4.98 Å². The molecule has 0 aliphatic carbocycles. The summed E-state index contributed by atoms with van der Waals surface area (Å²) in [6.07, 6.45) is 2.34. The van der Waals surface area contributed by atoms with Gasteiger partial charge in [-0.3, -0.25) is 10.1 Å². The minimum absolute atomic E-state index is 0.0635. The molecule has 5 heteroatoms. The van der Waals surface area contributed by atoms with Crippen molar-refractivity contribution in [2.45, 2.75) is 39.8 Å². The lowest BCUT2D eigenvalue weighted by atomic mass is 9.96. The van der Waals surface area contributed by atoms with Crippen LogP contribution in [0, 0.1) is 5.41 Å². The number of aromatic nitrogens is 2. The van der Waals surface area contributed by atoms with E-state index in [0.717, 1.165) is 11.4 Å². The van der Waals surface area contributed by atoms with Gasteiger partial charge in [0.2, 0.25) is 5.91 Å². The lowest BCUT2D eigenvalue weighted by Gasteiger charge is -2.25. The highest BCUT2D eigenvalue weighted by atomic mass is 16.2. The van der Waals surface area contributed by atoms with E-state index in [0.29, 0.717) is 19.5 Å². The Morgan fingerprint density at radius 2 is 2.35 bits per heavy atom. The average molecular weight is 236 g/mol. The van der Waals surface area contributed by atoms with Crippen LogP contribution in [0.15, 0.2) is 6.33 Å². The first-order valence-electron chi connectivity index (χ1n) is 5.98. The molecule has 0 aromatic carbocycles. The molecule has 0 bridgehead atoms. The van der Waals surface area contributed by atoms with Crippen molar-refractivity contribution in [3.05, 3.63) is 17.7 Å². The molecular weight excluding hydrogens is 216 g/mol. The number of imidazole rings is 1. The van der Waals surface area contributed by atoms with Gasteiger partial charge in [0.15, 0.2) is 0 Å². The Morgan fingerprint density at radius 1 is 1.59 bits per heavy atom. The van der Waals surface area contributed by atoms with Crippen molar-refractivity contribution in [3.8, 4) is 0 Å². The number of nitrogens with zero attached hydrogens (tertiary/aromatic N) is 1. The van der Waals surface area contributed by atoms with E-state index < -0.39 is 0 Å². The maximum absolute atomic E-state index is 12.0. The number of amides is 1. The molecule has 0 spiro atoms. The van der Waals surface area contributed by atoms with Gasteiger partial charge >= 0.3 is 0 Å². The van der Waals surface area contributed by atoms with Crippen molar-refractivity contribution >= 4 is 5.91 Å². The fraction of sp³-hybridized carbons (Fsp3) is 0.667. The van der Waals surface area contributed by atoms with Gasteiger partial charge < -0.3 is 10.3 Å². The van der Waals surface area contributed by atoms with Crippen LogP contribution in [0.3, 0.4) is 0 Å². The zero-order valence-corrected chi connectivity index (χ0v) is 10.6. The maximum atomic E-state index is 12.0. The molecule has 0 fully saturated rings. The van der Waals surface area contributed by atoms with E-state index in [1.807, 2.05) is 0 Å². The summed E-state index contributed by atoms with van der Waals surface area (Å²) < 4.78 is 0. The number of carbonyl (C=O) groups excluding carboxylic acids is 1. The second-order valence-corrected chi connectivity index (χ2v) is 5.74. The third kappa shape index (κ3) is 3.06. The molecule has 0 radical (unpaired) electrons. The van der Waals surface area contributed by atoms with Crippen molar-refractivity contribution in [1.29, 1.82) is 0 Å². The predicted molar refractivity (Wildman–Crippen MR) is 65.4 cm³/mol. The van der Waals surface area contributed by atoms with Crippen LogP contribution in [-0.4, -0.2) is 28.5 Å². The maximum Gasteiger partial charge on any atom is 0.237 e. The molecular formula is C12H20N4O. The molecule has 5 nitrogen and oxygen atoms in total. The highest BCUT2D eigenvalue weighted by Crippen LogP contribution is 2.13. The number of carbonyl (C=O) groups is 1. The molecule has 2 rings (SSSR count). The zero-order valence-electron chi connectivity index (χ0n) is 10.6. The van der Waals surface area contributed by atoms with Crippen molar-refractivity contribution in [1.82, 2.24) is 20.6 Å². The van der Waals surface area contributed by atoms with E-state index in [4.69, 9.17) is 0 Å². The van der Waals surface area contributed by atoms with Crippen molar-refractivity contribution in [3.63, 3.8) is 0 Å². The summed E-state index contributed by atoms with van der Waals surface area (Å²) in [6.45, 7) is 7.69. The molecule has 0 saturated carbocycles. The zero-order chi connectivity index (χ0) is 12.5. The van der Waals surface area contributed by atoms with Crippen molar-refractivity contribution in [2.24, 2.45) is 5.41 Å². The number of rotatable bonds is 2. The van der Waals surface area contributed by atoms with E-state index in [9.17, 15) is 4.79 Å². The molecule has 1 aliphatic rings. The highest BCUT2D eigenvalue weighted by Gasteiger charge is 2.26. The summed E-state index contributed by atoms with van der Waals surface area (Å²) >= 11 is 0. The molecule has 1 unspecified atom stereocenters. The van der Waals surface area contributed by atoms with Gasteiger partial charge in [0.05, 0.1) is 23.8 Å². The van der Waals surface area contributed by atoms with Crippen LogP contribution in [-0.2, 0) is 17.8 Å². The molecule has 1 aromatic heterocycles. The molecule has 1 aromatic rings. The normalized spacial score (nSPS) is 19.8. The van der Waals surface area contributed by atoms with Gasteiger partial charge in [0, 0.05) is 19.5 Å². The summed E-state index contributed by atoms with van der Waals surface area (Å²) in [6, 6.07) is -0.159. The van der Waals surface area contributed by atoms with Crippen LogP contribution in [0.25, 0.3) is 0 Å². The number of nitrogens with one attached hydrogen (secondary N) is 3. The molecule has 1 amide bonds. The topological polar surface area (TPSA) is 69.8 Å². The monoisotopic (exact) mass is 236 g/mol. The van der Waals surface area contributed by atoms with Crippen LogP contribution < -0.4 is 10.6 Å². The molecule has 3 N–H and O–H groups in total. The first-order chi connectivity index (χ1) is 7.96. The van der Waals surface area contributed by atoms with Crippen LogP contribution >= 0.6 is 0 Å². The molecule has 94 valence electrons. The first kappa shape index (κ1) is 12.1. The van der Waals surface area contributed by atoms with Crippen LogP contribution in [0.5, 0.6) is 0 Å². The van der Waals surface area contributed by atoms with Gasteiger partial charge in [-0.05, 0) is 5.41 Å². The van der Waals surface area contributed by atoms with Crippen molar-refractivity contribution < 1.29 is 4.79 Å². The van der Waals surface area contributed by atoms with E-state index in [1.165, 1.54) is 0 Å². The SMILES string of the molecule is CC(C)(C)CNC(=O)C1Cc2nc[nH]c2CN1.